The smallest absolute Gasteiger partial charge is 0.254 e. The monoisotopic (exact) mass is 276 g/mol. The van der Waals surface area contributed by atoms with Crippen molar-refractivity contribution in [3.8, 4) is 0 Å². The minimum Gasteiger partial charge on any atom is -0.375 e. The van der Waals surface area contributed by atoms with E-state index in [1.165, 1.54) is 6.92 Å². The summed E-state index contributed by atoms with van der Waals surface area (Å²) in [6.07, 6.45) is 0.0475. The van der Waals surface area contributed by atoms with E-state index in [1.807, 2.05) is 18.7 Å². The Morgan fingerprint density at radius 3 is 2.50 bits per heavy atom. The van der Waals surface area contributed by atoms with E-state index in [0.717, 1.165) is 0 Å². The lowest BCUT2D eigenvalue weighted by Crippen LogP contribution is -2.51. The van der Waals surface area contributed by atoms with Crippen molar-refractivity contribution in [2.24, 2.45) is 0 Å². The quantitative estimate of drug-likeness (QED) is 0.897. The van der Waals surface area contributed by atoms with Crippen LogP contribution in [0.4, 0.5) is 5.69 Å². The van der Waals surface area contributed by atoms with Crippen LogP contribution in [0.15, 0.2) is 24.3 Å². The van der Waals surface area contributed by atoms with E-state index in [9.17, 15) is 9.59 Å². The van der Waals surface area contributed by atoms with Crippen molar-refractivity contribution in [1.29, 1.82) is 0 Å². The Labute approximate surface area is 118 Å². The summed E-state index contributed by atoms with van der Waals surface area (Å²) in [5.41, 5.74) is 1.32. The van der Waals surface area contributed by atoms with Crippen LogP contribution in [0.5, 0.6) is 0 Å². The molecule has 0 saturated carbocycles. The Morgan fingerprint density at radius 1 is 1.25 bits per heavy atom. The maximum atomic E-state index is 12.5. The maximum absolute atomic E-state index is 12.5. The average Bonchev–Trinajstić information content (AvgIpc) is 2.41. The van der Waals surface area contributed by atoms with Crippen LogP contribution in [0.2, 0.25) is 0 Å². The van der Waals surface area contributed by atoms with Gasteiger partial charge in [-0.1, -0.05) is 0 Å². The van der Waals surface area contributed by atoms with Gasteiger partial charge in [-0.25, -0.2) is 0 Å². The third kappa shape index (κ3) is 3.17. The molecule has 2 unspecified atom stereocenters. The Hall–Kier alpha value is -1.88. The van der Waals surface area contributed by atoms with Crippen molar-refractivity contribution in [1.82, 2.24) is 4.90 Å². The van der Waals surface area contributed by atoms with Crippen LogP contribution < -0.4 is 5.32 Å². The Balaban J connectivity index is 2.10. The number of morpholine rings is 1. The number of carbonyl (C=O) groups excluding carboxylic acids is 2. The summed E-state index contributed by atoms with van der Waals surface area (Å²) in [5.74, 6) is -0.123. The molecule has 0 aromatic heterocycles. The van der Waals surface area contributed by atoms with Crippen LogP contribution in [0.3, 0.4) is 0 Å². The topological polar surface area (TPSA) is 58.6 Å². The van der Waals surface area contributed by atoms with Gasteiger partial charge < -0.3 is 15.0 Å². The van der Waals surface area contributed by atoms with Crippen molar-refractivity contribution >= 4 is 17.5 Å². The maximum Gasteiger partial charge on any atom is 0.254 e. The van der Waals surface area contributed by atoms with Crippen LogP contribution in [-0.2, 0) is 9.53 Å². The second-order valence-corrected chi connectivity index (χ2v) is 5.07. The first kappa shape index (κ1) is 14.5. The zero-order valence-corrected chi connectivity index (χ0v) is 12.1. The van der Waals surface area contributed by atoms with Crippen molar-refractivity contribution < 1.29 is 14.3 Å². The molecular formula is C15H20N2O3. The van der Waals surface area contributed by atoms with Crippen molar-refractivity contribution in [3.05, 3.63) is 29.8 Å². The normalized spacial score (nSPS) is 22.4. The Morgan fingerprint density at radius 2 is 1.90 bits per heavy atom. The number of nitrogens with zero attached hydrogens (tertiary/aromatic N) is 1. The van der Waals surface area contributed by atoms with E-state index in [0.29, 0.717) is 24.4 Å². The van der Waals surface area contributed by atoms with Gasteiger partial charge in [-0.3, -0.25) is 9.59 Å². The number of ether oxygens (including phenoxy) is 1. The van der Waals surface area contributed by atoms with Gasteiger partial charge in [0.25, 0.3) is 5.91 Å². The van der Waals surface area contributed by atoms with Crippen molar-refractivity contribution in [2.45, 2.75) is 32.9 Å². The average molecular weight is 276 g/mol. The number of hydrogen-bond donors (Lipinski definition) is 1. The highest BCUT2D eigenvalue weighted by molar-refractivity contribution is 5.95. The number of amides is 2. The number of hydrogen-bond acceptors (Lipinski definition) is 3. The first-order chi connectivity index (χ1) is 9.49. The standard InChI is InChI=1S/C15H20N2O3/c1-10-11(2)20-9-8-17(10)15(19)13-4-6-14(7-5-13)16-12(3)18/h4-7,10-11H,8-9H2,1-3H3,(H,16,18). The fraction of sp³-hybridized carbons (Fsp3) is 0.467. The lowest BCUT2D eigenvalue weighted by atomic mass is 10.1. The highest BCUT2D eigenvalue weighted by Gasteiger charge is 2.29. The molecule has 2 amide bonds. The molecule has 1 fully saturated rings. The molecule has 0 bridgehead atoms. The zero-order chi connectivity index (χ0) is 14.7. The minimum atomic E-state index is -0.125. The fourth-order valence-corrected chi connectivity index (χ4v) is 2.28. The van der Waals surface area contributed by atoms with E-state index in [2.05, 4.69) is 5.32 Å². The summed E-state index contributed by atoms with van der Waals surface area (Å²) < 4.78 is 5.53. The molecule has 1 saturated heterocycles. The number of nitrogens with one attached hydrogen (secondary N) is 1. The molecule has 108 valence electrons. The fourth-order valence-electron chi connectivity index (χ4n) is 2.28. The van der Waals surface area contributed by atoms with Gasteiger partial charge in [0, 0.05) is 24.7 Å². The van der Waals surface area contributed by atoms with Crippen LogP contribution >= 0.6 is 0 Å². The second kappa shape index (κ2) is 6.05. The van der Waals surface area contributed by atoms with Gasteiger partial charge in [-0.2, -0.15) is 0 Å². The number of rotatable bonds is 2. The van der Waals surface area contributed by atoms with Crippen molar-refractivity contribution in [2.75, 3.05) is 18.5 Å². The molecule has 0 radical (unpaired) electrons. The third-order valence-corrected chi connectivity index (χ3v) is 3.60. The molecule has 1 N–H and O–H groups in total. The summed E-state index contributed by atoms with van der Waals surface area (Å²) in [5, 5.41) is 2.68. The first-order valence-corrected chi connectivity index (χ1v) is 6.79. The minimum absolute atomic E-state index is 0.00188. The van der Waals surface area contributed by atoms with E-state index >= 15 is 0 Å². The van der Waals surface area contributed by atoms with Crippen LogP contribution in [0.1, 0.15) is 31.1 Å². The molecule has 0 aliphatic carbocycles. The molecule has 5 heteroatoms. The van der Waals surface area contributed by atoms with E-state index < -0.39 is 0 Å². The molecule has 0 spiro atoms. The lowest BCUT2D eigenvalue weighted by molar-refractivity contribution is -0.114. The molecule has 2 atom stereocenters. The number of anilines is 1. The molecule has 20 heavy (non-hydrogen) atoms. The summed E-state index contributed by atoms with van der Waals surface area (Å²) in [6, 6.07) is 7.01. The van der Waals surface area contributed by atoms with Crippen LogP contribution in [0.25, 0.3) is 0 Å². The highest BCUT2D eigenvalue weighted by atomic mass is 16.5. The van der Waals surface area contributed by atoms with Gasteiger partial charge in [0.15, 0.2) is 0 Å². The van der Waals surface area contributed by atoms with E-state index in [1.54, 1.807) is 24.3 Å². The van der Waals surface area contributed by atoms with Crippen LogP contribution in [0, 0.1) is 0 Å². The largest absolute Gasteiger partial charge is 0.375 e. The van der Waals surface area contributed by atoms with Gasteiger partial charge in [0.2, 0.25) is 5.91 Å². The SMILES string of the molecule is CC(=O)Nc1ccc(C(=O)N2CCOC(C)C2C)cc1. The van der Waals surface area contributed by atoms with Gasteiger partial charge >= 0.3 is 0 Å². The molecule has 1 aliphatic heterocycles. The number of carbonyl (C=O) groups is 2. The van der Waals surface area contributed by atoms with Gasteiger partial charge in [0.1, 0.15) is 0 Å². The summed E-state index contributed by atoms with van der Waals surface area (Å²) >= 11 is 0. The predicted octanol–water partition coefficient (Wildman–Crippen LogP) is 1.89. The van der Waals surface area contributed by atoms with E-state index in [-0.39, 0.29) is 24.0 Å². The summed E-state index contributed by atoms with van der Waals surface area (Å²) in [4.78, 5) is 25.3. The Bertz CT molecular complexity index is 498. The molecule has 1 heterocycles. The van der Waals surface area contributed by atoms with Gasteiger partial charge in [-0.05, 0) is 38.1 Å². The second-order valence-electron chi connectivity index (χ2n) is 5.07. The molecule has 1 aromatic rings. The van der Waals surface area contributed by atoms with Gasteiger partial charge in [-0.15, -0.1) is 0 Å². The number of benzene rings is 1. The zero-order valence-electron chi connectivity index (χ0n) is 12.1. The highest BCUT2D eigenvalue weighted by Crippen LogP contribution is 2.18. The van der Waals surface area contributed by atoms with Crippen molar-refractivity contribution in [3.63, 3.8) is 0 Å². The first-order valence-electron chi connectivity index (χ1n) is 6.79. The molecule has 5 nitrogen and oxygen atoms in total. The predicted molar refractivity (Wildman–Crippen MR) is 76.7 cm³/mol. The summed E-state index contributed by atoms with van der Waals surface area (Å²) in [6.45, 7) is 6.60. The summed E-state index contributed by atoms with van der Waals surface area (Å²) in [7, 11) is 0. The van der Waals surface area contributed by atoms with Crippen LogP contribution in [-0.4, -0.2) is 42.0 Å². The molecule has 1 aromatic carbocycles. The van der Waals surface area contributed by atoms with Gasteiger partial charge in [0.05, 0.1) is 18.8 Å². The molecule has 2 rings (SSSR count). The Kier molecular flexibility index (Phi) is 4.39. The van der Waals surface area contributed by atoms with E-state index in [4.69, 9.17) is 4.74 Å². The lowest BCUT2D eigenvalue weighted by Gasteiger charge is -2.37. The molecule has 1 aliphatic rings. The molecular weight excluding hydrogens is 256 g/mol. The third-order valence-electron chi connectivity index (χ3n) is 3.60.